The van der Waals surface area contributed by atoms with Crippen molar-refractivity contribution in [3.8, 4) is 0 Å². The van der Waals surface area contributed by atoms with E-state index in [0.717, 1.165) is 34.2 Å². The molecule has 0 bridgehead atoms. The Bertz CT molecular complexity index is 1100. The van der Waals surface area contributed by atoms with Crippen molar-refractivity contribution in [2.75, 3.05) is 10.6 Å². The van der Waals surface area contributed by atoms with Gasteiger partial charge in [0.2, 0.25) is 0 Å². The number of benzene rings is 2. The molecule has 0 aliphatic rings. The monoisotopic (exact) mass is 418 g/mol. The molecule has 2 aromatic carbocycles. The Kier molecular flexibility index (Phi) is 6.73. The maximum atomic E-state index is 4.50. The summed E-state index contributed by atoms with van der Waals surface area (Å²) >= 11 is 0. The molecule has 2 heterocycles. The van der Waals surface area contributed by atoms with Gasteiger partial charge in [0.15, 0.2) is 0 Å². The fourth-order valence-electron chi connectivity index (χ4n) is 3.17. The average Bonchev–Trinajstić information content (AvgIpc) is 2.82. The van der Waals surface area contributed by atoms with Crippen LogP contribution in [0.2, 0.25) is 0 Å². The van der Waals surface area contributed by atoms with Gasteiger partial charge < -0.3 is 10.6 Å². The molecule has 0 amide bonds. The van der Waals surface area contributed by atoms with Crippen molar-refractivity contribution in [3.63, 3.8) is 0 Å². The van der Waals surface area contributed by atoms with Crippen LogP contribution in [0.1, 0.15) is 22.5 Å². The molecule has 2 N–H and O–H groups in total. The van der Waals surface area contributed by atoms with Crippen LogP contribution in [0.4, 0.5) is 11.4 Å². The van der Waals surface area contributed by atoms with E-state index in [0.29, 0.717) is 0 Å². The molecule has 0 fully saturated rings. The van der Waals surface area contributed by atoms with Crippen molar-refractivity contribution in [2.45, 2.75) is 13.8 Å². The van der Waals surface area contributed by atoms with Crippen LogP contribution in [0, 0.1) is 13.8 Å². The Morgan fingerprint density at radius 3 is 1.31 bits per heavy atom. The van der Waals surface area contributed by atoms with Gasteiger partial charge in [-0.25, -0.2) is 0 Å². The van der Waals surface area contributed by atoms with Crippen molar-refractivity contribution in [1.82, 2.24) is 9.97 Å². The molecule has 4 rings (SSSR count). The van der Waals surface area contributed by atoms with Crippen molar-refractivity contribution in [3.05, 3.63) is 131 Å². The standard InChI is InChI=1S/C28H26N4/c1-21-9-13-23(14-10-21)31-27(19-25-7-3-5-17-29-25)28(20-26-8-4-6-18-30-26)32-24-15-11-22(2)12-16-24/h3-20,31-32H,1-2H3/b27-19-,28-20-. The molecule has 0 aliphatic heterocycles. The summed E-state index contributed by atoms with van der Waals surface area (Å²) in [4.78, 5) is 8.99. The van der Waals surface area contributed by atoms with Crippen LogP contribution in [0.3, 0.4) is 0 Å². The largest absolute Gasteiger partial charge is 0.354 e. The first-order chi connectivity index (χ1) is 15.7. The van der Waals surface area contributed by atoms with E-state index in [1.807, 2.05) is 48.6 Å². The summed E-state index contributed by atoms with van der Waals surface area (Å²) in [6.07, 6.45) is 7.67. The Balaban J connectivity index is 1.78. The van der Waals surface area contributed by atoms with Gasteiger partial charge in [0.1, 0.15) is 0 Å². The quantitative estimate of drug-likeness (QED) is 0.328. The van der Waals surface area contributed by atoms with Crippen molar-refractivity contribution in [2.24, 2.45) is 0 Å². The van der Waals surface area contributed by atoms with Crippen molar-refractivity contribution >= 4 is 23.5 Å². The highest BCUT2D eigenvalue weighted by atomic mass is 15.0. The van der Waals surface area contributed by atoms with Gasteiger partial charge in [-0.3, -0.25) is 9.97 Å². The molecule has 0 aliphatic carbocycles. The zero-order valence-electron chi connectivity index (χ0n) is 18.3. The number of nitrogens with one attached hydrogen (secondary N) is 2. The highest BCUT2D eigenvalue weighted by Crippen LogP contribution is 2.23. The maximum Gasteiger partial charge on any atom is 0.0651 e. The number of pyridine rings is 2. The molecular weight excluding hydrogens is 392 g/mol. The number of rotatable bonds is 7. The summed E-state index contributed by atoms with van der Waals surface area (Å²) < 4.78 is 0. The van der Waals surface area contributed by atoms with Gasteiger partial charge in [0, 0.05) is 23.8 Å². The molecule has 4 aromatic rings. The van der Waals surface area contributed by atoms with Gasteiger partial charge in [-0.15, -0.1) is 0 Å². The average molecular weight is 419 g/mol. The second-order valence-corrected chi connectivity index (χ2v) is 7.61. The number of aromatic nitrogens is 2. The number of hydrogen-bond donors (Lipinski definition) is 2. The molecule has 32 heavy (non-hydrogen) atoms. The zero-order valence-corrected chi connectivity index (χ0v) is 18.3. The Morgan fingerprint density at radius 1 is 0.562 bits per heavy atom. The van der Waals surface area contributed by atoms with Crippen LogP contribution in [0.5, 0.6) is 0 Å². The lowest BCUT2D eigenvalue weighted by Crippen LogP contribution is -2.10. The molecule has 158 valence electrons. The number of hydrogen-bond acceptors (Lipinski definition) is 4. The molecule has 4 heteroatoms. The van der Waals surface area contributed by atoms with Gasteiger partial charge in [0.25, 0.3) is 0 Å². The first kappa shape index (κ1) is 21.1. The second kappa shape index (κ2) is 10.2. The van der Waals surface area contributed by atoms with Crippen LogP contribution in [0.25, 0.3) is 12.2 Å². The second-order valence-electron chi connectivity index (χ2n) is 7.61. The number of aryl methyl sites for hydroxylation is 2. The summed E-state index contributed by atoms with van der Waals surface area (Å²) in [5.41, 5.74) is 7.92. The lowest BCUT2D eigenvalue weighted by molar-refractivity contribution is 1.26. The normalized spacial score (nSPS) is 11.8. The van der Waals surface area contributed by atoms with E-state index in [9.17, 15) is 0 Å². The summed E-state index contributed by atoms with van der Waals surface area (Å²) in [5.74, 6) is 0. The van der Waals surface area contributed by atoms with Crippen LogP contribution in [0.15, 0.2) is 109 Å². The Hall–Kier alpha value is -4.18. The minimum Gasteiger partial charge on any atom is -0.354 e. The predicted molar refractivity (Wildman–Crippen MR) is 134 cm³/mol. The van der Waals surface area contributed by atoms with E-state index in [2.05, 4.69) is 83.0 Å². The third-order valence-corrected chi connectivity index (χ3v) is 4.91. The van der Waals surface area contributed by atoms with E-state index >= 15 is 0 Å². The lowest BCUT2D eigenvalue weighted by Gasteiger charge is -2.18. The van der Waals surface area contributed by atoms with E-state index in [4.69, 9.17) is 0 Å². The molecule has 0 atom stereocenters. The SMILES string of the molecule is Cc1ccc(NC(=C\c2ccccn2)/C(=C/c2ccccn2)Nc2ccc(C)cc2)cc1. The van der Waals surface area contributed by atoms with Gasteiger partial charge in [-0.05, 0) is 74.5 Å². The molecule has 0 spiro atoms. The lowest BCUT2D eigenvalue weighted by atomic mass is 10.1. The predicted octanol–water partition coefficient (Wildman–Crippen LogP) is 6.70. The summed E-state index contributed by atoms with van der Waals surface area (Å²) in [5, 5.41) is 7.14. The minimum absolute atomic E-state index is 0.861. The van der Waals surface area contributed by atoms with Crippen LogP contribution in [-0.4, -0.2) is 9.97 Å². The molecular formula is C28H26N4. The minimum atomic E-state index is 0.861. The topological polar surface area (TPSA) is 49.8 Å². The van der Waals surface area contributed by atoms with Gasteiger partial charge >= 0.3 is 0 Å². The van der Waals surface area contributed by atoms with Crippen LogP contribution < -0.4 is 10.6 Å². The third kappa shape index (κ3) is 5.92. The third-order valence-electron chi connectivity index (χ3n) is 4.91. The molecule has 0 radical (unpaired) electrons. The molecule has 0 saturated heterocycles. The van der Waals surface area contributed by atoms with E-state index in [1.54, 1.807) is 12.4 Å². The van der Waals surface area contributed by atoms with Gasteiger partial charge in [-0.2, -0.15) is 0 Å². The van der Waals surface area contributed by atoms with Gasteiger partial charge in [0.05, 0.1) is 22.8 Å². The van der Waals surface area contributed by atoms with Crippen LogP contribution in [-0.2, 0) is 0 Å². The molecule has 2 aromatic heterocycles. The van der Waals surface area contributed by atoms with Crippen molar-refractivity contribution < 1.29 is 0 Å². The van der Waals surface area contributed by atoms with E-state index < -0.39 is 0 Å². The molecule has 0 saturated carbocycles. The van der Waals surface area contributed by atoms with Crippen LogP contribution >= 0.6 is 0 Å². The Labute approximate surface area is 189 Å². The summed E-state index contributed by atoms with van der Waals surface area (Å²) in [6.45, 7) is 4.17. The fourth-order valence-corrected chi connectivity index (χ4v) is 3.17. The summed E-state index contributed by atoms with van der Waals surface area (Å²) in [6, 6.07) is 28.5. The zero-order chi connectivity index (χ0) is 22.2. The Morgan fingerprint density at radius 2 is 0.969 bits per heavy atom. The summed E-state index contributed by atoms with van der Waals surface area (Å²) in [7, 11) is 0. The maximum absolute atomic E-state index is 4.50. The van der Waals surface area contributed by atoms with E-state index in [1.165, 1.54) is 11.1 Å². The van der Waals surface area contributed by atoms with E-state index in [-0.39, 0.29) is 0 Å². The molecule has 4 nitrogen and oxygen atoms in total. The van der Waals surface area contributed by atoms with Gasteiger partial charge in [-0.1, -0.05) is 47.5 Å². The molecule has 0 unspecified atom stereocenters. The van der Waals surface area contributed by atoms with Crippen molar-refractivity contribution in [1.29, 1.82) is 0 Å². The first-order valence-corrected chi connectivity index (χ1v) is 10.6. The smallest absolute Gasteiger partial charge is 0.0651 e. The number of nitrogens with zero attached hydrogens (tertiary/aromatic N) is 2. The number of anilines is 2. The highest BCUT2D eigenvalue weighted by Gasteiger charge is 2.09. The highest BCUT2D eigenvalue weighted by molar-refractivity contribution is 5.73. The first-order valence-electron chi connectivity index (χ1n) is 10.6. The fraction of sp³-hybridized carbons (Fsp3) is 0.0714.